The molecule has 2 aromatic rings. The predicted octanol–water partition coefficient (Wildman–Crippen LogP) is 2.23. The summed E-state index contributed by atoms with van der Waals surface area (Å²) in [6, 6.07) is 10.6. The molecule has 1 fully saturated rings. The van der Waals surface area contributed by atoms with Crippen molar-refractivity contribution in [1.29, 1.82) is 0 Å². The molecule has 9 heteroatoms. The van der Waals surface area contributed by atoms with Crippen molar-refractivity contribution in [2.45, 2.75) is 25.7 Å². The molecule has 0 saturated carbocycles. The zero-order valence-corrected chi connectivity index (χ0v) is 18.5. The molecule has 33 heavy (non-hydrogen) atoms. The first-order valence-corrected chi connectivity index (χ1v) is 11.3. The quantitative estimate of drug-likeness (QED) is 0.750. The molecule has 0 atom stereocenters. The Kier molecular flexibility index (Phi) is 7.39. The number of rotatable bonds is 2. The number of nitrogens with one attached hydrogen (secondary N) is 1. The van der Waals surface area contributed by atoms with Gasteiger partial charge in [0.1, 0.15) is 12.1 Å². The van der Waals surface area contributed by atoms with Gasteiger partial charge in [-0.3, -0.25) is 14.4 Å². The van der Waals surface area contributed by atoms with Crippen LogP contribution in [0.2, 0.25) is 0 Å². The molecule has 0 bridgehead atoms. The fraction of sp³-hybridized carbons (Fsp3) is 0.417. The third-order valence-corrected chi connectivity index (χ3v) is 5.64. The molecule has 2 aliphatic heterocycles. The lowest BCUT2D eigenvalue weighted by molar-refractivity contribution is -0.138. The smallest absolute Gasteiger partial charge is 0.259 e. The first kappa shape index (κ1) is 22.6. The van der Waals surface area contributed by atoms with Gasteiger partial charge in [0.25, 0.3) is 5.91 Å². The molecule has 1 saturated heterocycles. The summed E-state index contributed by atoms with van der Waals surface area (Å²) in [5, 5.41) is 2.71. The summed E-state index contributed by atoms with van der Waals surface area (Å²) >= 11 is 0. The molecule has 2 aliphatic rings. The third kappa shape index (κ3) is 5.79. The van der Waals surface area contributed by atoms with Crippen molar-refractivity contribution in [3.8, 4) is 17.4 Å². The summed E-state index contributed by atoms with van der Waals surface area (Å²) in [7, 11) is 0. The summed E-state index contributed by atoms with van der Waals surface area (Å²) in [4.78, 5) is 45.4. The van der Waals surface area contributed by atoms with Crippen LogP contribution in [0.1, 0.15) is 36.0 Å². The normalized spacial score (nSPS) is 17.6. The van der Waals surface area contributed by atoms with E-state index in [2.05, 4.69) is 10.3 Å². The minimum atomic E-state index is -0.330. The molecule has 1 aromatic heterocycles. The number of ether oxygens (including phenoxy) is 2. The van der Waals surface area contributed by atoms with Crippen LogP contribution >= 0.6 is 0 Å². The number of carbonyl (C=O) groups is 3. The van der Waals surface area contributed by atoms with Crippen LogP contribution < -0.4 is 14.8 Å². The van der Waals surface area contributed by atoms with E-state index in [0.717, 1.165) is 25.7 Å². The molecule has 9 nitrogen and oxygen atoms in total. The molecule has 0 spiro atoms. The zero-order valence-electron chi connectivity index (χ0n) is 18.5. The van der Waals surface area contributed by atoms with E-state index in [1.165, 1.54) is 9.80 Å². The Hall–Kier alpha value is -3.62. The van der Waals surface area contributed by atoms with Gasteiger partial charge in [0.05, 0.1) is 13.2 Å². The topological polar surface area (TPSA) is 101 Å². The number of piperazine rings is 1. The number of hydrogen-bond acceptors (Lipinski definition) is 6. The SMILES string of the molecule is O=C1CN(C(=O)CN2CCCCCCOc3ccccc3Oc3ncccc3C2=O)CCN1. The second kappa shape index (κ2) is 10.8. The number of benzene rings is 1. The van der Waals surface area contributed by atoms with Crippen molar-refractivity contribution in [3.63, 3.8) is 0 Å². The Bertz CT molecular complexity index is 1010. The summed E-state index contributed by atoms with van der Waals surface area (Å²) in [5.74, 6) is 0.460. The Morgan fingerprint density at radius 1 is 1.00 bits per heavy atom. The minimum absolute atomic E-state index is 0.0128. The summed E-state index contributed by atoms with van der Waals surface area (Å²) < 4.78 is 11.9. The maximum Gasteiger partial charge on any atom is 0.259 e. The van der Waals surface area contributed by atoms with Gasteiger partial charge in [-0.2, -0.15) is 0 Å². The number of nitrogens with zero attached hydrogens (tertiary/aromatic N) is 3. The van der Waals surface area contributed by atoms with E-state index in [-0.39, 0.29) is 42.3 Å². The highest BCUT2D eigenvalue weighted by molar-refractivity contribution is 5.98. The molecule has 0 unspecified atom stereocenters. The average Bonchev–Trinajstić information content (AvgIpc) is 2.83. The fourth-order valence-electron chi connectivity index (χ4n) is 3.87. The molecule has 0 aliphatic carbocycles. The molecule has 0 radical (unpaired) electrons. The van der Waals surface area contributed by atoms with Crippen molar-refractivity contribution in [1.82, 2.24) is 20.1 Å². The highest BCUT2D eigenvalue weighted by Gasteiger charge is 2.27. The summed E-state index contributed by atoms with van der Waals surface area (Å²) in [6.07, 6.45) is 5.04. The second-order valence-corrected chi connectivity index (χ2v) is 8.06. The predicted molar refractivity (Wildman–Crippen MR) is 120 cm³/mol. The Labute approximate surface area is 192 Å². The highest BCUT2D eigenvalue weighted by Crippen LogP contribution is 2.32. The largest absolute Gasteiger partial charge is 0.490 e. The van der Waals surface area contributed by atoms with Crippen LogP contribution in [0.4, 0.5) is 0 Å². The molecule has 174 valence electrons. The van der Waals surface area contributed by atoms with Crippen molar-refractivity contribution in [3.05, 3.63) is 48.2 Å². The number of para-hydroxylation sites is 2. The van der Waals surface area contributed by atoms with Crippen molar-refractivity contribution >= 4 is 17.7 Å². The lowest BCUT2D eigenvalue weighted by atomic mass is 10.1. The van der Waals surface area contributed by atoms with Gasteiger partial charge >= 0.3 is 0 Å². The van der Waals surface area contributed by atoms with E-state index in [1.54, 1.807) is 24.4 Å². The van der Waals surface area contributed by atoms with E-state index in [9.17, 15) is 14.4 Å². The van der Waals surface area contributed by atoms with Crippen LogP contribution in [0.25, 0.3) is 0 Å². The lowest BCUT2D eigenvalue weighted by Crippen LogP contribution is -2.53. The van der Waals surface area contributed by atoms with E-state index in [4.69, 9.17) is 9.47 Å². The van der Waals surface area contributed by atoms with E-state index >= 15 is 0 Å². The van der Waals surface area contributed by atoms with Gasteiger partial charge in [-0.15, -0.1) is 0 Å². The molecule has 1 aromatic carbocycles. The van der Waals surface area contributed by atoms with Crippen molar-refractivity contribution in [2.75, 3.05) is 39.3 Å². The standard InChI is InChI=1S/C24H28N4O5/c29-21-16-27(14-12-25-21)22(30)17-28-13-5-1-2-6-15-32-19-9-3-4-10-20(19)33-23-18(24(28)31)8-7-11-26-23/h3-4,7-11H,1-2,5-6,12-17H2,(H,25,29). The Morgan fingerprint density at radius 2 is 1.82 bits per heavy atom. The lowest BCUT2D eigenvalue weighted by Gasteiger charge is -2.30. The van der Waals surface area contributed by atoms with Crippen LogP contribution in [0.5, 0.6) is 17.4 Å². The number of aromatic nitrogens is 1. The summed E-state index contributed by atoms with van der Waals surface area (Å²) in [6.45, 7) is 1.76. The van der Waals surface area contributed by atoms with Gasteiger partial charge < -0.3 is 24.6 Å². The number of carbonyl (C=O) groups excluding carboxylic acids is 3. The Morgan fingerprint density at radius 3 is 2.67 bits per heavy atom. The van der Waals surface area contributed by atoms with Gasteiger partial charge in [-0.05, 0) is 37.1 Å². The maximum atomic E-state index is 13.5. The first-order chi connectivity index (χ1) is 16.1. The van der Waals surface area contributed by atoms with Crippen LogP contribution in [-0.2, 0) is 9.59 Å². The molecule has 4 rings (SSSR count). The Balaban J connectivity index is 1.60. The van der Waals surface area contributed by atoms with Crippen LogP contribution in [-0.4, -0.2) is 71.8 Å². The van der Waals surface area contributed by atoms with Gasteiger partial charge in [-0.1, -0.05) is 25.0 Å². The van der Waals surface area contributed by atoms with Gasteiger partial charge in [0, 0.05) is 25.8 Å². The van der Waals surface area contributed by atoms with E-state index in [1.807, 2.05) is 18.2 Å². The summed E-state index contributed by atoms with van der Waals surface area (Å²) in [5.41, 5.74) is 0.272. The van der Waals surface area contributed by atoms with Gasteiger partial charge in [0.15, 0.2) is 11.5 Å². The molecule has 3 amide bonds. The third-order valence-electron chi connectivity index (χ3n) is 5.64. The fourth-order valence-corrected chi connectivity index (χ4v) is 3.87. The van der Waals surface area contributed by atoms with Gasteiger partial charge in [0.2, 0.25) is 17.7 Å². The number of fused-ring (bicyclic) bond motifs is 2. The van der Waals surface area contributed by atoms with Crippen LogP contribution in [0, 0.1) is 0 Å². The van der Waals surface area contributed by atoms with Crippen molar-refractivity contribution in [2.24, 2.45) is 0 Å². The maximum absolute atomic E-state index is 13.5. The monoisotopic (exact) mass is 452 g/mol. The molecular weight excluding hydrogens is 424 g/mol. The number of pyridine rings is 1. The number of amides is 3. The van der Waals surface area contributed by atoms with Crippen molar-refractivity contribution < 1.29 is 23.9 Å². The molecule has 3 heterocycles. The molecular formula is C24H28N4O5. The highest BCUT2D eigenvalue weighted by atomic mass is 16.5. The zero-order chi connectivity index (χ0) is 23.0. The van der Waals surface area contributed by atoms with Crippen LogP contribution in [0.3, 0.4) is 0 Å². The van der Waals surface area contributed by atoms with E-state index in [0.29, 0.717) is 37.7 Å². The second-order valence-electron chi connectivity index (χ2n) is 8.06. The molecule has 1 N–H and O–H groups in total. The minimum Gasteiger partial charge on any atom is -0.490 e. The number of hydrogen-bond donors (Lipinski definition) is 1. The average molecular weight is 453 g/mol. The first-order valence-electron chi connectivity index (χ1n) is 11.3. The van der Waals surface area contributed by atoms with Crippen LogP contribution in [0.15, 0.2) is 42.6 Å². The van der Waals surface area contributed by atoms with E-state index < -0.39 is 0 Å². The van der Waals surface area contributed by atoms with Gasteiger partial charge in [-0.25, -0.2) is 4.98 Å².